The monoisotopic (exact) mass is 301 g/mol. The summed E-state index contributed by atoms with van der Waals surface area (Å²) in [5.41, 5.74) is 4.56. The van der Waals surface area contributed by atoms with Gasteiger partial charge in [-0.25, -0.2) is 9.37 Å². The van der Waals surface area contributed by atoms with E-state index in [-0.39, 0.29) is 11.9 Å². The molecule has 0 bridgehead atoms. The highest BCUT2D eigenvalue weighted by molar-refractivity contribution is 5.50. The molecule has 116 valence electrons. The summed E-state index contributed by atoms with van der Waals surface area (Å²) in [6.45, 7) is 3.14. The molecule has 2 atom stereocenters. The zero-order valence-electron chi connectivity index (χ0n) is 12.8. The average molecular weight is 301 g/mol. The Bertz CT molecular complexity index is 632. The lowest BCUT2D eigenvalue weighted by Gasteiger charge is -2.26. The van der Waals surface area contributed by atoms with Gasteiger partial charge in [-0.1, -0.05) is 19.1 Å². The summed E-state index contributed by atoms with van der Waals surface area (Å²) < 4.78 is 13.5. The summed E-state index contributed by atoms with van der Waals surface area (Å²) in [5.74, 6) is 1.26. The van der Waals surface area contributed by atoms with Crippen molar-refractivity contribution in [2.24, 2.45) is 5.92 Å². The molecule has 0 saturated carbocycles. The average Bonchev–Trinajstić information content (AvgIpc) is 2.90. The van der Waals surface area contributed by atoms with Gasteiger partial charge >= 0.3 is 0 Å². The molecule has 5 heteroatoms. The molecule has 2 unspecified atom stereocenters. The van der Waals surface area contributed by atoms with Crippen molar-refractivity contribution in [3.63, 3.8) is 0 Å². The lowest BCUT2D eigenvalue weighted by Crippen LogP contribution is -2.24. The van der Waals surface area contributed by atoms with Crippen LogP contribution in [0.3, 0.4) is 0 Å². The van der Waals surface area contributed by atoms with Crippen molar-refractivity contribution in [1.82, 2.24) is 4.98 Å². The van der Waals surface area contributed by atoms with E-state index >= 15 is 0 Å². The highest BCUT2D eigenvalue weighted by Crippen LogP contribution is 2.38. The van der Waals surface area contributed by atoms with Crippen LogP contribution in [0.15, 0.2) is 42.6 Å². The van der Waals surface area contributed by atoms with Crippen LogP contribution in [-0.2, 0) is 4.84 Å². The number of aromatic nitrogens is 1. The van der Waals surface area contributed by atoms with Crippen LogP contribution in [-0.4, -0.2) is 18.6 Å². The molecule has 0 radical (unpaired) electrons. The minimum Gasteiger partial charge on any atom is -0.349 e. The maximum absolute atomic E-state index is 13.5. The van der Waals surface area contributed by atoms with Gasteiger partial charge in [-0.2, -0.15) is 0 Å². The van der Waals surface area contributed by atoms with Crippen molar-refractivity contribution in [3.8, 4) is 0 Å². The van der Waals surface area contributed by atoms with Crippen molar-refractivity contribution in [2.75, 3.05) is 24.0 Å². The largest absolute Gasteiger partial charge is 0.349 e. The maximum Gasteiger partial charge on any atom is 0.129 e. The zero-order valence-corrected chi connectivity index (χ0v) is 12.8. The number of nitrogens with zero attached hydrogens (tertiary/aromatic N) is 2. The van der Waals surface area contributed by atoms with Crippen molar-refractivity contribution in [2.45, 2.75) is 19.4 Å². The van der Waals surface area contributed by atoms with Gasteiger partial charge in [0.05, 0.1) is 25.0 Å². The molecule has 1 aliphatic rings. The van der Waals surface area contributed by atoms with Crippen LogP contribution in [0.4, 0.5) is 15.9 Å². The number of halogens is 1. The van der Waals surface area contributed by atoms with Gasteiger partial charge in [0.2, 0.25) is 0 Å². The van der Waals surface area contributed by atoms with Gasteiger partial charge in [0.25, 0.3) is 0 Å². The Morgan fingerprint density at radius 3 is 2.86 bits per heavy atom. The molecule has 2 heterocycles. The first-order chi connectivity index (χ1) is 10.7. The number of rotatable bonds is 4. The zero-order chi connectivity index (χ0) is 15.5. The molecule has 1 fully saturated rings. The third-order valence-electron chi connectivity index (χ3n) is 4.01. The minimum atomic E-state index is -0.190. The van der Waals surface area contributed by atoms with E-state index in [0.29, 0.717) is 5.92 Å². The van der Waals surface area contributed by atoms with Crippen LogP contribution in [0.1, 0.15) is 24.9 Å². The molecular weight excluding hydrogens is 281 g/mol. The van der Waals surface area contributed by atoms with E-state index in [9.17, 15) is 4.39 Å². The molecule has 1 aromatic carbocycles. The first-order valence-corrected chi connectivity index (χ1v) is 7.44. The molecule has 4 nitrogen and oxygen atoms in total. The quantitative estimate of drug-likeness (QED) is 0.872. The molecule has 1 saturated heterocycles. The Morgan fingerprint density at radius 1 is 1.32 bits per heavy atom. The molecule has 3 rings (SSSR count). The summed E-state index contributed by atoms with van der Waals surface area (Å²) in [4.78, 5) is 11.6. The van der Waals surface area contributed by atoms with Crippen LogP contribution in [0.5, 0.6) is 0 Å². The normalized spacial score (nSPS) is 21.1. The van der Waals surface area contributed by atoms with E-state index in [1.807, 2.05) is 18.2 Å². The van der Waals surface area contributed by atoms with Gasteiger partial charge < -0.3 is 4.90 Å². The van der Waals surface area contributed by atoms with Gasteiger partial charge in [0.15, 0.2) is 0 Å². The highest BCUT2D eigenvalue weighted by atomic mass is 19.1. The summed E-state index contributed by atoms with van der Waals surface area (Å²) in [7, 11) is 1.57. The Morgan fingerprint density at radius 2 is 2.18 bits per heavy atom. The van der Waals surface area contributed by atoms with Crippen molar-refractivity contribution < 1.29 is 9.23 Å². The van der Waals surface area contributed by atoms with Gasteiger partial charge in [0.1, 0.15) is 11.6 Å². The number of hydrogen-bond acceptors (Lipinski definition) is 4. The Kier molecular flexibility index (Phi) is 4.24. The SMILES string of the molecule is CONc1ccc(N2CC(C)CC2c2cccc(F)c2)nc1. The van der Waals surface area contributed by atoms with E-state index in [2.05, 4.69) is 22.3 Å². The van der Waals surface area contributed by atoms with E-state index in [1.54, 1.807) is 25.4 Å². The second-order valence-electron chi connectivity index (χ2n) is 5.78. The summed E-state index contributed by atoms with van der Waals surface area (Å²) >= 11 is 0. The molecule has 2 aromatic rings. The maximum atomic E-state index is 13.5. The minimum absolute atomic E-state index is 0.166. The first-order valence-electron chi connectivity index (χ1n) is 7.44. The third-order valence-corrected chi connectivity index (χ3v) is 4.01. The predicted molar refractivity (Wildman–Crippen MR) is 85.1 cm³/mol. The Hall–Kier alpha value is -2.14. The third kappa shape index (κ3) is 3.04. The van der Waals surface area contributed by atoms with Gasteiger partial charge in [-0.15, -0.1) is 0 Å². The van der Waals surface area contributed by atoms with E-state index in [0.717, 1.165) is 30.0 Å². The molecule has 0 spiro atoms. The van der Waals surface area contributed by atoms with E-state index in [4.69, 9.17) is 4.84 Å². The fourth-order valence-corrected chi connectivity index (χ4v) is 3.06. The topological polar surface area (TPSA) is 37.4 Å². The van der Waals surface area contributed by atoms with Crippen LogP contribution in [0, 0.1) is 11.7 Å². The fourth-order valence-electron chi connectivity index (χ4n) is 3.06. The standard InChI is InChI=1S/C17H20FN3O/c1-12-8-16(13-4-3-5-14(18)9-13)21(11-12)17-7-6-15(10-19-17)20-22-2/h3-7,9-10,12,16,20H,8,11H2,1-2H3. The summed E-state index contributed by atoms with van der Waals surface area (Å²) in [5, 5.41) is 0. The number of anilines is 2. The highest BCUT2D eigenvalue weighted by Gasteiger charge is 2.31. The number of nitrogens with one attached hydrogen (secondary N) is 1. The Labute approximate surface area is 129 Å². The molecule has 1 N–H and O–H groups in total. The number of hydrogen-bond donors (Lipinski definition) is 1. The Balaban J connectivity index is 1.87. The van der Waals surface area contributed by atoms with Crippen LogP contribution in [0.2, 0.25) is 0 Å². The first kappa shape index (κ1) is 14.8. The fraction of sp³-hybridized carbons (Fsp3) is 0.353. The molecule has 0 amide bonds. The van der Waals surface area contributed by atoms with Crippen molar-refractivity contribution in [3.05, 3.63) is 54.0 Å². The molecular formula is C17H20FN3O. The number of benzene rings is 1. The lowest BCUT2D eigenvalue weighted by atomic mass is 10.0. The van der Waals surface area contributed by atoms with Crippen molar-refractivity contribution >= 4 is 11.5 Å². The number of pyridine rings is 1. The van der Waals surface area contributed by atoms with E-state index in [1.165, 1.54) is 6.07 Å². The smallest absolute Gasteiger partial charge is 0.129 e. The second-order valence-corrected chi connectivity index (χ2v) is 5.78. The summed E-state index contributed by atoms with van der Waals surface area (Å²) in [6.07, 6.45) is 2.74. The van der Waals surface area contributed by atoms with Crippen LogP contribution >= 0.6 is 0 Å². The van der Waals surface area contributed by atoms with Crippen LogP contribution in [0.25, 0.3) is 0 Å². The molecule has 1 aromatic heterocycles. The molecule has 22 heavy (non-hydrogen) atoms. The molecule has 1 aliphatic heterocycles. The van der Waals surface area contributed by atoms with E-state index < -0.39 is 0 Å². The predicted octanol–water partition coefficient (Wildman–Crippen LogP) is 3.78. The summed E-state index contributed by atoms with van der Waals surface area (Å²) in [6, 6.07) is 10.9. The van der Waals surface area contributed by atoms with Gasteiger partial charge in [-0.05, 0) is 42.2 Å². The van der Waals surface area contributed by atoms with Crippen molar-refractivity contribution in [1.29, 1.82) is 0 Å². The van der Waals surface area contributed by atoms with Gasteiger partial charge in [-0.3, -0.25) is 10.3 Å². The van der Waals surface area contributed by atoms with Gasteiger partial charge in [0, 0.05) is 6.54 Å². The second kappa shape index (κ2) is 6.32. The molecule has 0 aliphatic carbocycles. The van der Waals surface area contributed by atoms with Crippen LogP contribution < -0.4 is 10.4 Å². The lowest BCUT2D eigenvalue weighted by molar-refractivity contribution is 0.271.